The maximum absolute atomic E-state index is 12.2. The first-order valence-electron chi connectivity index (χ1n) is 6.20. The number of Topliss-reactive ketones (excluding diaryl/α,β-unsaturated/α-hetero) is 1. The monoisotopic (exact) mass is 262 g/mol. The number of fused-ring (bicyclic) bond motifs is 1. The molecule has 0 fully saturated rings. The average Bonchev–Trinajstić information content (AvgIpc) is 2.79. The third kappa shape index (κ3) is 2.78. The van der Waals surface area contributed by atoms with Gasteiger partial charge in [0.2, 0.25) is 0 Å². The van der Waals surface area contributed by atoms with Gasteiger partial charge in [0.05, 0.1) is 11.3 Å². The minimum atomic E-state index is 0.150. The summed E-state index contributed by atoms with van der Waals surface area (Å²) in [4.78, 5) is 12.2. The second-order valence-electron chi connectivity index (χ2n) is 4.83. The maximum Gasteiger partial charge on any atom is 0.176 e. The van der Waals surface area contributed by atoms with E-state index in [0.717, 1.165) is 11.0 Å². The average molecular weight is 262 g/mol. The molecule has 1 heterocycles. The van der Waals surface area contributed by atoms with Gasteiger partial charge in [0.25, 0.3) is 0 Å². The highest BCUT2D eigenvalue weighted by Crippen LogP contribution is 2.24. The predicted molar refractivity (Wildman–Crippen MR) is 77.3 cm³/mol. The SMILES string of the molecule is CC(C)C(C)SCC(=O)c1coc2ccccc12. The zero-order valence-corrected chi connectivity index (χ0v) is 11.8. The summed E-state index contributed by atoms with van der Waals surface area (Å²) >= 11 is 1.71. The van der Waals surface area contributed by atoms with Crippen LogP contribution in [0.3, 0.4) is 0 Å². The number of thioether (sulfide) groups is 1. The van der Waals surface area contributed by atoms with E-state index in [2.05, 4.69) is 20.8 Å². The molecule has 2 nitrogen and oxygen atoms in total. The molecule has 0 radical (unpaired) electrons. The van der Waals surface area contributed by atoms with Crippen LogP contribution in [0.4, 0.5) is 0 Å². The van der Waals surface area contributed by atoms with E-state index in [-0.39, 0.29) is 5.78 Å². The predicted octanol–water partition coefficient (Wildman–Crippen LogP) is 4.39. The van der Waals surface area contributed by atoms with Crippen LogP contribution in [-0.2, 0) is 0 Å². The van der Waals surface area contributed by atoms with Gasteiger partial charge >= 0.3 is 0 Å². The number of para-hydroxylation sites is 1. The molecule has 1 aromatic heterocycles. The van der Waals surface area contributed by atoms with E-state index in [4.69, 9.17) is 4.42 Å². The summed E-state index contributed by atoms with van der Waals surface area (Å²) in [5.41, 5.74) is 1.48. The molecule has 0 bridgehead atoms. The largest absolute Gasteiger partial charge is 0.464 e. The van der Waals surface area contributed by atoms with Crippen molar-refractivity contribution in [3.8, 4) is 0 Å². The van der Waals surface area contributed by atoms with Gasteiger partial charge in [-0.3, -0.25) is 4.79 Å². The Labute approximate surface area is 112 Å². The number of hydrogen-bond donors (Lipinski definition) is 0. The Kier molecular flexibility index (Phi) is 4.12. The van der Waals surface area contributed by atoms with Gasteiger partial charge in [0.1, 0.15) is 11.8 Å². The van der Waals surface area contributed by atoms with Crippen LogP contribution >= 0.6 is 11.8 Å². The Morgan fingerprint density at radius 3 is 2.72 bits per heavy atom. The molecule has 2 aromatic rings. The normalized spacial score (nSPS) is 13.1. The molecule has 0 saturated heterocycles. The molecular weight excluding hydrogens is 244 g/mol. The van der Waals surface area contributed by atoms with E-state index in [1.165, 1.54) is 0 Å². The van der Waals surface area contributed by atoms with Gasteiger partial charge in [0, 0.05) is 10.6 Å². The molecule has 0 spiro atoms. The molecule has 1 unspecified atom stereocenters. The lowest BCUT2D eigenvalue weighted by molar-refractivity contribution is 0.102. The first-order chi connectivity index (χ1) is 8.59. The van der Waals surface area contributed by atoms with E-state index >= 15 is 0 Å². The summed E-state index contributed by atoms with van der Waals surface area (Å²) in [5, 5.41) is 1.41. The maximum atomic E-state index is 12.2. The van der Waals surface area contributed by atoms with Gasteiger partial charge in [-0.25, -0.2) is 0 Å². The third-order valence-electron chi connectivity index (χ3n) is 3.20. The van der Waals surface area contributed by atoms with Crippen molar-refractivity contribution in [1.82, 2.24) is 0 Å². The van der Waals surface area contributed by atoms with Gasteiger partial charge in [0.15, 0.2) is 5.78 Å². The van der Waals surface area contributed by atoms with E-state index in [1.807, 2.05) is 24.3 Å². The van der Waals surface area contributed by atoms with Crippen LogP contribution in [-0.4, -0.2) is 16.8 Å². The van der Waals surface area contributed by atoms with Crippen molar-refractivity contribution in [2.24, 2.45) is 5.92 Å². The smallest absolute Gasteiger partial charge is 0.176 e. The molecule has 96 valence electrons. The fraction of sp³-hybridized carbons (Fsp3) is 0.400. The Morgan fingerprint density at radius 1 is 1.28 bits per heavy atom. The summed E-state index contributed by atoms with van der Waals surface area (Å²) in [6.45, 7) is 6.51. The summed E-state index contributed by atoms with van der Waals surface area (Å²) in [6.07, 6.45) is 1.58. The summed E-state index contributed by atoms with van der Waals surface area (Å²) in [7, 11) is 0. The number of carbonyl (C=O) groups is 1. The minimum Gasteiger partial charge on any atom is -0.464 e. The van der Waals surface area contributed by atoms with Crippen LogP contribution in [0.1, 0.15) is 31.1 Å². The van der Waals surface area contributed by atoms with Crippen molar-refractivity contribution in [3.63, 3.8) is 0 Å². The highest BCUT2D eigenvalue weighted by Gasteiger charge is 2.15. The molecule has 0 N–H and O–H groups in total. The van der Waals surface area contributed by atoms with Crippen LogP contribution in [0.2, 0.25) is 0 Å². The van der Waals surface area contributed by atoms with Gasteiger partial charge in [-0.1, -0.05) is 39.0 Å². The molecule has 3 heteroatoms. The highest BCUT2D eigenvalue weighted by molar-refractivity contribution is 8.00. The number of carbonyl (C=O) groups excluding carboxylic acids is 1. The molecule has 0 aliphatic carbocycles. The molecule has 0 saturated carbocycles. The Bertz CT molecular complexity index is 542. The third-order valence-corrected chi connectivity index (χ3v) is 4.70. The zero-order valence-electron chi connectivity index (χ0n) is 11.0. The topological polar surface area (TPSA) is 30.2 Å². The molecular formula is C15H18O2S. The molecule has 0 aliphatic rings. The molecule has 0 aliphatic heterocycles. The fourth-order valence-electron chi connectivity index (χ4n) is 1.67. The van der Waals surface area contributed by atoms with Crippen LogP contribution in [0, 0.1) is 5.92 Å². The van der Waals surface area contributed by atoms with Crippen molar-refractivity contribution >= 4 is 28.5 Å². The van der Waals surface area contributed by atoms with E-state index < -0.39 is 0 Å². The molecule has 1 aromatic carbocycles. The van der Waals surface area contributed by atoms with Gasteiger partial charge in [-0.2, -0.15) is 11.8 Å². The molecule has 0 amide bonds. The van der Waals surface area contributed by atoms with Crippen LogP contribution in [0.25, 0.3) is 11.0 Å². The van der Waals surface area contributed by atoms with E-state index in [1.54, 1.807) is 18.0 Å². The number of rotatable bonds is 5. The van der Waals surface area contributed by atoms with E-state index in [9.17, 15) is 4.79 Å². The number of benzene rings is 1. The van der Waals surface area contributed by atoms with Crippen molar-refractivity contribution < 1.29 is 9.21 Å². The van der Waals surface area contributed by atoms with Crippen molar-refractivity contribution in [1.29, 1.82) is 0 Å². The van der Waals surface area contributed by atoms with Crippen molar-refractivity contribution in [2.75, 3.05) is 5.75 Å². The second-order valence-corrected chi connectivity index (χ2v) is 6.19. The summed E-state index contributed by atoms with van der Waals surface area (Å²) < 4.78 is 5.39. The Balaban J connectivity index is 2.10. The van der Waals surface area contributed by atoms with Crippen LogP contribution in [0.15, 0.2) is 34.9 Å². The number of ketones is 1. The standard InChI is InChI=1S/C15H18O2S/c1-10(2)11(3)18-9-14(16)13-8-17-15-7-5-4-6-12(13)15/h4-8,10-11H,9H2,1-3H3. The van der Waals surface area contributed by atoms with Crippen LogP contribution < -0.4 is 0 Å². The quantitative estimate of drug-likeness (QED) is 0.748. The number of hydrogen-bond acceptors (Lipinski definition) is 3. The van der Waals surface area contributed by atoms with Crippen LogP contribution in [0.5, 0.6) is 0 Å². The Hall–Kier alpha value is -1.22. The number of furan rings is 1. The highest BCUT2D eigenvalue weighted by atomic mass is 32.2. The molecule has 18 heavy (non-hydrogen) atoms. The Morgan fingerprint density at radius 2 is 2.00 bits per heavy atom. The summed E-state index contributed by atoms with van der Waals surface area (Å²) in [5.74, 6) is 1.25. The van der Waals surface area contributed by atoms with Gasteiger partial charge < -0.3 is 4.42 Å². The van der Waals surface area contributed by atoms with Crippen molar-refractivity contribution in [2.45, 2.75) is 26.0 Å². The summed E-state index contributed by atoms with van der Waals surface area (Å²) in [6, 6.07) is 7.66. The first kappa shape index (κ1) is 13.2. The van der Waals surface area contributed by atoms with E-state index in [0.29, 0.717) is 22.5 Å². The lowest BCUT2D eigenvalue weighted by atomic mass is 10.1. The van der Waals surface area contributed by atoms with Gasteiger partial charge in [-0.05, 0) is 12.0 Å². The zero-order chi connectivity index (χ0) is 13.1. The molecule has 1 atom stereocenters. The lowest BCUT2D eigenvalue weighted by Crippen LogP contribution is -2.10. The van der Waals surface area contributed by atoms with Crippen molar-refractivity contribution in [3.05, 3.63) is 36.1 Å². The fourth-order valence-corrected chi connectivity index (χ4v) is 2.63. The minimum absolute atomic E-state index is 0.150. The molecule has 2 rings (SSSR count). The lowest BCUT2D eigenvalue weighted by Gasteiger charge is -2.13. The first-order valence-corrected chi connectivity index (χ1v) is 7.25. The van der Waals surface area contributed by atoms with Gasteiger partial charge in [-0.15, -0.1) is 0 Å². The second kappa shape index (κ2) is 5.61.